The zero-order chi connectivity index (χ0) is 45.9. The molecule has 3 aromatic carbocycles. The van der Waals surface area contributed by atoms with Gasteiger partial charge in [0.25, 0.3) is 11.5 Å². The molecule has 0 spiro atoms. The Morgan fingerprint density at radius 2 is 1.82 bits per heavy atom. The number of benzene rings is 3. The van der Waals surface area contributed by atoms with Crippen molar-refractivity contribution in [1.29, 1.82) is 0 Å². The highest BCUT2D eigenvalue weighted by atomic mass is 16.6. The number of rotatable bonds is 14. The molecule has 65 heavy (non-hydrogen) atoms. The third-order valence-corrected chi connectivity index (χ3v) is 12.8. The molecule has 0 bridgehead atoms. The summed E-state index contributed by atoms with van der Waals surface area (Å²) in [6.45, 7) is 9.29. The minimum Gasteiger partial charge on any atom is -0.508 e. The first-order chi connectivity index (χ1) is 31.2. The van der Waals surface area contributed by atoms with Crippen molar-refractivity contribution in [1.82, 2.24) is 33.8 Å². The molecule has 2 atom stereocenters. The zero-order valence-corrected chi connectivity index (χ0v) is 36.8. The van der Waals surface area contributed by atoms with Crippen LogP contribution in [0.5, 0.6) is 23.3 Å². The number of fused-ring (bicyclic) bond motifs is 6. The largest absolute Gasteiger partial charge is 0.508 e. The molecule has 4 aromatic heterocycles. The molecule has 5 N–H and O–H groups in total. The quantitative estimate of drug-likeness (QED) is 0.0862. The fourth-order valence-electron chi connectivity index (χ4n) is 9.04. The number of likely N-dealkylation sites (N-methyl/N-ethyl adjacent to an activating group) is 1. The number of aromatic nitrogens is 6. The molecule has 2 aliphatic rings. The molecule has 9 rings (SSSR count). The standard InChI is InChI=1S/C48H51N7O10/c1-6-30-32-19-29(9-10-37(32)49-43-34(30)23-54-39(43)21-36-35(45(54)59)24-65-46(60)48(36,62)7-2)64-25-42(58)52(5)14-16-63-17-15-53-13-12-27-18-28(8-11-38(27)53)55-44(50-51-47(55)61)33-20-31(26(3)4)40(56)22-41(33)57/h8-13,18-22,26,46,56-57,60,62H,6-7,14-17,23-25H2,1-5H3,(H,51,61). The minimum absolute atomic E-state index is 0.0205. The van der Waals surface area contributed by atoms with E-state index in [0.717, 1.165) is 27.4 Å². The number of phenolic OH excluding ortho intramolecular Hbond substituents is 2. The van der Waals surface area contributed by atoms with Crippen LogP contribution >= 0.6 is 0 Å². The fraction of sp³-hybridized carbons (Fsp3) is 0.354. The van der Waals surface area contributed by atoms with Gasteiger partial charge in [-0.3, -0.25) is 9.59 Å². The first-order valence-electron chi connectivity index (χ1n) is 21.7. The van der Waals surface area contributed by atoms with Gasteiger partial charge in [0, 0.05) is 65.4 Å². The Morgan fingerprint density at radius 1 is 1.00 bits per heavy atom. The van der Waals surface area contributed by atoms with E-state index in [9.17, 15) is 35.1 Å². The second-order valence-electron chi connectivity index (χ2n) is 16.9. The number of ether oxygens (including phenoxy) is 3. The number of aryl methyl sites for hydroxylation is 1. The van der Waals surface area contributed by atoms with E-state index in [2.05, 4.69) is 10.2 Å². The number of nitrogens with zero attached hydrogens (tertiary/aromatic N) is 7. The van der Waals surface area contributed by atoms with Gasteiger partial charge in [0.05, 0.1) is 54.5 Å². The lowest BCUT2D eigenvalue weighted by Gasteiger charge is -2.37. The van der Waals surface area contributed by atoms with E-state index in [1.807, 2.05) is 67.9 Å². The van der Waals surface area contributed by atoms with Gasteiger partial charge < -0.3 is 53.8 Å². The van der Waals surface area contributed by atoms with Crippen LogP contribution in [0.2, 0.25) is 0 Å². The molecule has 1 amide bonds. The number of carbonyl (C=O) groups excluding carboxylic acids is 1. The van der Waals surface area contributed by atoms with Gasteiger partial charge in [-0.05, 0) is 84.5 Å². The van der Waals surface area contributed by atoms with Crippen LogP contribution in [0.1, 0.15) is 67.9 Å². The molecule has 6 heterocycles. The Hall–Kier alpha value is -6.79. The Morgan fingerprint density at radius 3 is 2.58 bits per heavy atom. The zero-order valence-electron chi connectivity index (χ0n) is 36.8. The first kappa shape index (κ1) is 43.5. The van der Waals surface area contributed by atoms with Gasteiger partial charge in [-0.1, -0.05) is 32.8 Å². The summed E-state index contributed by atoms with van der Waals surface area (Å²) in [5.41, 5.74) is 5.05. The molecule has 17 heteroatoms. The maximum atomic E-state index is 13.7. The number of hydrogen-bond acceptors (Lipinski definition) is 13. The summed E-state index contributed by atoms with van der Waals surface area (Å²) in [4.78, 5) is 33.4. The normalized spacial score (nSPS) is 16.6. The van der Waals surface area contributed by atoms with E-state index >= 15 is 0 Å². The molecule has 0 fully saturated rings. The van der Waals surface area contributed by atoms with Crippen LogP contribution in [0.3, 0.4) is 0 Å². The van der Waals surface area contributed by atoms with Crippen molar-refractivity contribution in [3.63, 3.8) is 0 Å². The topological polar surface area (TPSA) is 220 Å². The lowest BCUT2D eigenvalue weighted by Crippen LogP contribution is -2.47. The van der Waals surface area contributed by atoms with E-state index in [4.69, 9.17) is 19.2 Å². The second kappa shape index (κ2) is 17.0. The lowest BCUT2D eigenvalue weighted by atomic mass is 9.85. The van der Waals surface area contributed by atoms with Crippen LogP contribution in [-0.2, 0) is 46.0 Å². The molecular formula is C48H51N7O10. The van der Waals surface area contributed by atoms with Gasteiger partial charge in [0.1, 0.15) is 22.8 Å². The highest BCUT2D eigenvalue weighted by Crippen LogP contribution is 2.43. The Balaban J connectivity index is 0.804. The maximum Gasteiger partial charge on any atom is 0.319 e. The first-order valence-corrected chi connectivity index (χ1v) is 21.7. The number of carbonyl (C=O) groups is 1. The predicted molar refractivity (Wildman–Crippen MR) is 240 cm³/mol. The number of pyridine rings is 2. The number of phenols is 2. The third kappa shape index (κ3) is 7.53. The number of aromatic hydroxyl groups is 3. The highest BCUT2D eigenvalue weighted by Gasteiger charge is 2.44. The summed E-state index contributed by atoms with van der Waals surface area (Å²) < 4.78 is 22.5. The number of hydrogen-bond donors (Lipinski definition) is 5. The molecule has 0 saturated carbocycles. The summed E-state index contributed by atoms with van der Waals surface area (Å²) in [6.07, 6.45) is 1.31. The van der Waals surface area contributed by atoms with Crippen molar-refractivity contribution < 1.29 is 44.5 Å². The van der Waals surface area contributed by atoms with Crippen molar-refractivity contribution >= 4 is 27.7 Å². The fourth-order valence-corrected chi connectivity index (χ4v) is 9.04. The van der Waals surface area contributed by atoms with Gasteiger partial charge in [-0.15, -0.1) is 5.10 Å². The second-order valence-corrected chi connectivity index (χ2v) is 16.9. The SMILES string of the molecule is CCc1c2c(nc3ccc(OCC(=O)N(C)CCOCCn4ccc5cc(-n6c(O)nnc6-c6cc(C(C)C)c(O)cc6O)ccc54)cc13)-c1cc3c(c(=O)n1C2)COC(O)C3(O)CC. The average molecular weight is 886 g/mol. The van der Waals surface area contributed by atoms with Crippen molar-refractivity contribution in [3.8, 4) is 51.7 Å². The van der Waals surface area contributed by atoms with E-state index < -0.39 is 11.9 Å². The predicted octanol–water partition coefficient (Wildman–Crippen LogP) is 5.43. The molecule has 2 aliphatic heterocycles. The minimum atomic E-state index is -1.71. The molecule has 0 aliphatic carbocycles. The van der Waals surface area contributed by atoms with Gasteiger partial charge in [-0.2, -0.15) is 0 Å². The van der Waals surface area contributed by atoms with Crippen LogP contribution in [0.15, 0.2) is 71.7 Å². The molecule has 0 saturated heterocycles. The molecule has 338 valence electrons. The smallest absolute Gasteiger partial charge is 0.319 e. The van der Waals surface area contributed by atoms with Gasteiger partial charge in [-0.25, -0.2) is 9.55 Å². The van der Waals surface area contributed by atoms with Gasteiger partial charge >= 0.3 is 6.01 Å². The van der Waals surface area contributed by atoms with Crippen molar-refractivity contribution in [3.05, 3.63) is 105 Å². The average Bonchev–Trinajstić information content (AvgIpc) is 4.00. The van der Waals surface area contributed by atoms with Crippen LogP contribution < -0.4 is 10.3 Å². The summed E-state index contributed by atoms with van der Waals surface area (Å²) in [7, 11) is 1.70. The van der Waals surface area contributed by atoms with Gasteiger partial charge in [0.2, 0.25) is 0 Å². The van der Waals surface area contributed by atoms with Crippen LogP contribution in [0.4, 0.5) is 0 Å². The molecule has 17 nitrogen and oxygen atoms in total. The maximum absolute atomic E-state index is 13.7. The molecule has 0 radical (unpaired) electrons. The molecule has 2 unspecified atom stereocenters. The van der Waals surface area contributed by atoms with Crippen LogP contribution in [0, 0.1) is 0 Å². The van der Waals surface area contributed by atoms with Crippen molar-refractivity contribution in [2.75, 3.05) is 33.4 Å². The Labute approximate surface area is 373 Å². The summed E-state index contributed by atoms with van der Waals surface area (Å²) in [6, 6.07) is 17.4. The van der Waals surface area contributed by atoms with Gasteiger partial charge in [0.15, 0.2) is 18.7 Å². The monoisotopic (exact) mass is 885 g/mol. The van der Waals surface area contributed by atoms with E-state index in [1.54, 1.807) is 41.6 Å². The third-order valence-electron chi connectivity index (χ3n) is 12.8. The summed E-state index contributed by atoms with van der Waals surface area (Å²) in [5.74, 6) is 0.286. The number of amides is 1. The number of aliphatic hydroxyl groups excluding tert-OH is 1. The molecular weight excluding hydrogens is 835 g/mol. The summed E-state index contributed by atoms with van der Waals surface area (Å²) in [5, 5.41) is 63.4. The van der Waals surface area contributed by atoms with E-state index in [-0.39, 0.29) is 60.4 Å². The van der Waals surface area contributed by atoms with Crippen molar-refractivity contribution in [2.45, 2.75) is 78.0 Å². The number of aliphatic hydroxyl groups is 2. The molecule has 7 aromatic rings. The van der Waals surface area contributed by atoms with Crippen LogP contribution in [0.25, 0.3) is 50.3 Å². The highest BCUT2D eigenvalue weighted by molar-refractivity contribution is 5.89. The summed E-state index contributed by atoms with van der Waals surface area (Å²) >= 11 is 0. The Bertz CT molecular complexity index is 3060. The van der Waals surface area contributed by atoms with E-state index in [1.165, 1.54) is 10.6 Å². The van der Waals surface area contributed by atoms with Crippen molar-refractivity contribution in [2.24, 2.45) is 0 Å². The van der Waals surface area contributed by atoms with E-state index in [0.29, 0.717) is 89.9 Å². The van der Waals surface area contributed by atoms with Crippen LogP contribution in [-0.4, -0.2) is 105 Å². The Kier molecular flexibility index (Phi) is 11.3. The lowest BCUT2D eigenvalue weighted by molar-refractivity contribution is -0.236.